The number of nitrogens with one attached hydrogen (secondary N) is 2. The van der Waals surface area contributed by atoms with Crippen LogP contribution in [-0.4, -0.2) is 49.7 Å². The van der Waals surface area contributed by atoms with Crippen molar-refractivity contribution in [1.29, 1.82) is 0 Å². The molecule has 1 fully saturated rings. The predicted molar refractivity (Wildman–Crippen MR) is 122 cm³/mol. The maximum atomic E-state index is 12.4. The zero-order chi connectivity index (χ0) is 21.4. The van der Waals surface area contributed by atoms with Crippen molar-refractivity contribution in [2.75, 3.05) is 12.4 Å². The number of anilines is 1. The summed E-state index contributed by atoms with van der Waals surface area (Å²) in [6.45, 7) is 0.433. The number of aliphatic hydroxyl groups excluding tert-OH is 1. The number of pyridine rings is 1. The average Bonchev–Trinajstić information content (AvgIpc) is 3.37. The number of hydrogen-bond acceptors (Lipinski definition) is 7. The van der Waals surface area contributed by atoms with E-state index in [9.17, 15) is 9.90 Å². The summed E-state index contributed by atoms with van der Waals surface area (Å²) < 4.78 is 2.89. The van der Waals surface area contributed by atoms with Gasteiger partial charge in [-0.1, -0.05) is 36.3 Å². The summed E-state index contributed by atoms with van der Waals surface area (Å²) in [7, 11) is 1.60. The van der Waals surface area contributed by atoms with Crippen molar-refractivity contribution in [3.63, 3.8) is 0 Å². The van der Waals surface area contributed by atoms with E-state index in [1.807, 2.05) is 34.9 Å². The quantitative estimate of drug-likeness (QED) is 0.444. The summed E-state index contributed by atoms with van der Waals surface area (Å²) in [5.41, 5.74) is 3.22. The van der Waals surface area contributed by atoms with Crippen molar-refractivity contribution in [3.05, 3.63) is 47.9 Å². The van der Waals surface area contributed by atoms with Crippen molar-refractivity contribution < 1.29 is 9.90 Å². The van der Waals surface area contributed by atoms with E-state index < -0.39 is 0 Å². The van der Waals surface area contributed by atoms with Gasteiger partial charge in [-0.05, 0) is 36.6 Å². The number of aromatic nitrogens is 4. The summed E-state index contributed by atoms with van der Waals surface area (Å²) >= 11 is 1.59. The molecule has 2 atom stereocenters. The Kier molecular flexibility index (Phi) is 5.29. The third-order valence-corrected chi connectivity index (χ3v) is 6.76. The summed E-state index contributed by atoms with van der Waals surface area (Å²) in [6.07, 6.45) is 5.34. The van der Waals surface area contributed by atoms with Gasteiger partial charge in [-0.3, -0.25) is 9.36 Å². The third kappa shape index (κ3) is 3.75. The second kappa shape index (κ2) is 8.24. The normalized spacial score (nSPS) is 19.0. The van der Waals surface area contributed by atoms with Gasteiger partial charge in [0.05, 0.1) is 28.9 Å². The van der Waals surface area contributed by atoms with Gasteiger partial charge in [0.2, 0.25) is 5.82 Å². The molecule has 3 N–H and O–H groups in total. The number of carbonyl (C=O) groups is 1. The molecule has 5 rings (SSSR count). The Balaban J connectivity index is 1.51. The Bertz CT molecular complexity index is 1250. The van der Waals surface area contributed by atoms with Crippen LogP contribution in [0.5, 0.6) is 0 Å². The highest BCUT2D eigenvalue weighted by Gasteiger charge is 2.24. The first-order chi connectivity index (χ1) is 15.1. The van der Waals surface area contributed by atoms with E-state index in [4.69, 9.17) is 4.98 Å². The van der Waals surface area contributed by atoms with E-state index in [-0.39, 0.29) is 18.1 Å². The molecule has 8 nitrogen and oxygen atoms in total. The van der Waals surface area contributed by atoms with E-state index in [2.05, 4.69) is 20.6 Å². The lowest BCUT2D eigenvalue weighted by Gasteiger charge is -2.28. The second-order valence-electron chi connectivity index (χ2n) is 7.83. The van der Waals surface area contributed by atoms with Gasteiger partial charge in [-0.15, -0.1) is 0 Å². The summed E-state index contributed by atoms with van der Waals surface area (Å²) in [5, 5.41) is 17.2. The molecule has 31 heavy (non-hydrogen) atoms. The first-order valence-electron chi connectivity index (χ1n) is 10.5. The van der Waals surface area contributed by atoms with Gasteiger partial charge in [0.1, 0.15) is 5.52 Å². The van der Waals surface area contributed by atoms with Gasteiger partial charge in [0, 0.05) is 13.2 Å². The fourth-order valence-electron chi connectivity index (χ4n) is 4.20. The largest absolute Gasteiger partial charge is 0.391 e. The van der Waals surface area contributed by atoms with Crippen LogP contribution in [-0.2, 0) is 6.54 Å². The van der Waals surface area contributed by atoms with E-state index >= 15 is 0 Å². The molecule has 0 saturated heterocycles. The standard InChI is InChI=1S/C22H24N6O2S/c1-23-21(30)20-25-15-8-5-11-24-19(15)28(20)12-13-6-4-10-17-18(13)27-22(31-17)26-14-7-2-3-9-16(14)29/h4-6,8,10-11,14,16,29H,2-3,7,9,12H2,1H3,(H,23,30)(H,26,27). The van der Waals surface area contributed by atoms with Crippen LogP contribution in [0.25, 0.3) is 21.4 Å². The first-order valence-corrected chi connectivity index (χ1v) is 11.3. The zero-order valence-corrected chi connectivity index (χ0v) is 18.0. The fraction of sp³-hybridized carbons (Fsp3) is 0.364. The van der Waals surface area contributed by atoms with Crippen molar-refractivity contribution in [1.82, 2.24) is 24.8 Å². The maximum absolute atomic E-state index is 12.4. The number of aliphatic hydroxyl groups is 1. The predicted octanol–water partition coefficient (Wildman–Crippen LogP) is 3.16. The van der Waals surface area contributed by atoms with Gasteiger partial charge in [-0.25, -0.2) is 15.0 Å². The molecule has 2 unspecified atom stereocenters. The molecule has 4 aromatic rings. The first kappa shape index (κ1) is 19.9. The van der Waals surface area contributed by atoms with Crippen LogP contribution in [0.15, 0.2) is 36.5 Å². The van der Waals surface area contributed by atoms with Gasteiger partial charge in [0.25, 0.3) is 5.91 Å². The zero-order valence-electron chi connectivity index (χ0n) is 17.2. The highest BCUT2D eigenvalue weighted by Crippen LogP contribution is 2.31. The molecular formula is C22H24N6O2S. The van der Waals surface area contributed by atoms with Crippen LogP contribution in [0, 0.1) is 0 Å². The fourth-order valence-corrected chi connectivity index (χ4v) is 5.17. The minimum atomic E-state index is -0.335. The van der Waals surface area contributed by atoms with Crippen molar-refractivity contribution in [2.45, 2.75) is 44.4 Å². The lowest BCUT2D eigenvalue weighted by molar-refractivity contribution is 0.0949. The van der Waals surface area contributed by atoms with Crippen LogP contribution < -0.4 is 10.6 Å². The molecule has 0 aliphatic heterocycles. The maximum Gasteiger partial charge on any atom is 0.287 e. The molecule has 1 aliphatic rings. The number of fused-ring (bicyclic) bond motifs is 2. The number of para-hydroxylation sites is 1. The Hall–Kier alpha value is -3.04. The summed E-state index contributed by atoms with van der Waals surface area (Å²) in [4.78, 5) is 26.2. The van der Waals surface area contributed by atoms with Gasteiger partial charge >= 0.3 is 0 Å². The molecule has 160 valence electrons. The number of imidazole rings is 1. The van der Waals surface area contributed by atoms with E-state index in [0.29, 0.717) is 23.5 Å². The molecule has 1 aromatic carbocycles. The van der Waals surface area contributed by atoms with Crippen molar-refractivity contribution in [2.24, 2.45) is 0 Å². The number of benzene rings is 1. The van der Waals surface area contributed by atoms with E-state index in [1.165, 1.54) is 0 Å². The summed E-state index contributed by atoms with van der Waals surface area (Å²) in [6, 6.07) is 9.77. The number of hydrogen-bond donors (Lipinski definition) is 3. The minimum Gasteiger partial charge on any atom is -0.391 e. The van der Waals surface area contributed by atoms with Gasteiger partial charge in [-0.2, -0.15) is 0 Å². The Morgan fingerprint density at radius 2 is 2.10 bits per heavy atom. The lowest BCUT2D eigenvalue weighted by Crippen LogP contribution is -2.36. The highest BCUT2D eigenvalue weighted by molar-refractivity contribution is 7.22. The van der Waals surface area contributed by atoms with Crippen LogP contribution in [0.4, 0.5) is 5.13 Å². The molecule has 1 aliphatic carbocycles. The minimum absolute atomic E-state index is 0.0411. The van der Waals surface area contributed by atoms with Crippen LogP contribution in [0.1, 0.15) is 41.9 Å². The average molecular weight is 437 g/mol. The van der Waals surface area contributed by atoms with Crippen molar-refractivity contribution >= 4 is 43.8 Å². The van der Waals surface area contributed by atoms with Crippen LogP contribution in [0.3, 0.4) is 0 Å². The number of amides is 1. The van der Waals surface area contributed by atoms with Crippen molar-refractivity contribution in [3.8, 4) is 0 Å². The number of carbonyl (C=O) groups excluding carboxylic acids is 1. The molecule has 0 radical (unpaired) electrons. The Morgan fingerprint density at radius 1 is 1.23 bits per heavy atom. The monoisotopic (exact) mass is 436 g/mol. The van der Waals surface area contributed by atoms with Gasteiger partial charge in [0.15, 0.2) is 10.8 Å². The van der Waals surface area contributed by atoms with Crippen LogP contribution in [0.2, 0.25) is 0 Å². The smallest absolute Gasteiger partial charge is 0.287 e. The molecular weight excluding hydrogens is 412 g/mol. The summed E-state index contributed by atoms with van der Waals surface area (Å²) in [5.74, 6) is 0.0733. The second-order valence-corrected chi connectivity index (χ2v) is 8.86. The molecule has 0 bridgehead atoms. The highest BCUT2D eigenvalue weighted by atomic mass is 32.1. The van der Waals surface area contributed by atoms with E-state index in [1.54, 1.807) is 24.6 Å². The third-order valence-electron chi connectivity index (χ3n) is 5.80. The number of rotatable bonds is 5. The van der Waals surface area contributed by atoms with E-state index in [0.717, 1.165) is 46.6 Å². The Morgan fingerprint density at radius 3 is 2.94 bits per heavy atom. The Labute approximate surface area is 183 Å². The lowest BCUT2D eigenvalue weighted by atomic mass is 9.93. The number of thiazole rings is 1. The SMILES string of the molecule is CNC(=O)c1nc2cccnc2n1Cc1cccc2sc(NC3CCCCC3O)nc12. The topological polar surface area (TPSA) is 105 Å². The molecule has 1 amide bonds. The molecule has 1 saturated carbocycles. The molecule has 3 aromatic heterocycles. The number of nitrogens with zero attached hydrogens (tertiary/aromatic N) is 4. The molecule has 3 heterocycles. The molecule has 0 spiro atoms. The molecule has 9 heteroatoms. The van der Waals surface area contributed by atoms with Gasteiger partial charge < -0.3 is 15.7 Å². The van der Waals surface area contributed by atoms with Crippen LogP contribution >= 0.6 is 11.3 Å².